The van der Waals surface area contributed by atoms with Gasteiger partial charge in [0.05, 0.1) is 6.54 Å². The van der Waals surface area contributed by atoms with Crippen molar-refractivity contribution in [2.24, 2.45) is 10.9 Å². The number of hydrogen-bond acceptors (Lipinski definition) is 2. The van der Waals surface area contributed by atoms with Crippen LogP contribution in [0.25, 0.3) is 0 Å². The molecule has 1 saturated heterocycles. The van der Waals surface area contributed by atoms with Crippen LogP contribution in [0.3, 0.4) is 0 Å². The lowest BCUT2D eigenvalue weighted by Crippen LogP contribution is -2.39. The summed E-state index contributed by atoms with van der Waals surface area (Å²) in [5, 5.41) is 3.49. The first-order valence-corrected chi connectivity index (χ1v) is 8.87. The summed E-state index contributed by atoms with van der Waals surface area (Å²) in [6.45, 7) is 7.81. The molecule has 0 aromatic heterocycles. The maximum Gasteiger partial charge on any atom is 0.193 e. The van der Waals surface area contributed by atoms with Crippen molar-refractivity contribution in [3.63, 3.8) is 0 Å². The quantitative estimate of drug-likeness (QED) is 0.316. The number of guanidine groups is 1. The standard InChI is InChI=1S/C19H32N4.HI/c1-17-10-14-23(15-11-17)13-7-12-20-19(22(2)3)21-16-18-8-5-4-6-9-18;/h4-6,8-9,17H,7,10-16H2,1-3H3,(H,20,21);1H. The molecule has 0 atom stereocenters. The van der Waals surface area contributed by atoms with Gasteiger partial charge in [-0.15, -0.1) is 24.0 Å². The highest BCUT2D eigenvalue weighted by atomic mass is 127. The van der Waals surface area contributed by atoms with Gasteiger partial charge in [0.1, 0.15) is 0 Å². The molecule has 24 heavy (non-hydrogen) atoms. The van der Waals surface area contributed by atoms with E-state index in [9.17, 15) is 0 Å². The van der Waals surface area contributed by atoms with Crippen LogP contribution in [0.2, 0.25) is 0 Å². The van der Waals surface area contributed by atoms with Gasteiger partial charge in [-0.3, -0.25) is 0 Å². The van der Waals surface area contributed by atoms with E-state index in [1.54, 1.807) is 0 Å². The van der Waals surface area contributed by atoms with Crippen molar-refractivity contribution in [2.75, 3.05) is 40.3 Å². The lowest BCUT2D eigenvalue weighted by atomic mass is 9.99. The van der Waals surface area contributed by atoms with Crippen LogP contribution in [0.15, 0.2) is 35.3 Å². The van der Waals surface area contributed by atoms with Crippen LogP contribution in [0.4, 0.5) is 0 Å². The molecule has 1 fully saturated rings. The maximum atomic E-state index is 4.71. The van der Waals surface area contributed by atoms with Gasteiger partial charge < -0.3 is 15.1 Å². The van der Waals surface area contributed by atoms with Gasteiger partial charge in [0, 0.05) is 20.6 Å². The first-order chi connectivity index (χ1) is 11.1. The molecule has 1 aromatic carbocycles. The minimum Gasteiger partial charge on any atom is -0.356 e. The highest BCUT2D eigenvalue weighted by molar-refractivity contribution is 14.0. The Bertz CT molecular complexity index is 468. The summed E-state index contributed by atoms with van der Waals surface area (Å²) in [6, 6.07) is 10.4. The van der Waals surface area contributed by atoms with Gasteiger partial charge in [-0.1, -0.05) is 37.3 Å². The fourth-order valence-electron chi connectivity index (χ4n) is 2.89. The summed E-state index contributed by atoms with van der Waals surface area (Å²) in [5.74, 6) is 1.89. The average molecular weight is 444 g/mol. The number of benzene rings is 1. The van der Waals surface area contributed by atoms with Crippen LogP contribution in [0.5, 0.6) is 0 Å². The maximum absolute atomic E-state index is 4.71. The number of rotatable bonds is 6. The number of halogens is 1. The summed E-state index contributed by atoms with van der Waals surface area (Å²) in [4.78, 5) is 9.36. The first-order valence-electron chi connectivity index (χ1n) is 8.87. The Kier molecular flexibility index (Phi) is 10.3. The third-order valence-corrected chi connectivity index (χ3v) is 4.49. The Morgan fingerprint density at radius 1 is 1.21 bits per heavy atom. The molecule has 0 amide bonds. The highest BCUT2D eigenvalue weighted by Crippen LogP contribution is 2.15. The molecule has 0 aliphatic carbocycles. The fourth-order valence-corrected chi connectivity index (χ4v) is 2.89. The zero-order chi connectivity index (χ0) is 16.5. The topological polar surface area (TPSA) is 30.9 Å². The molecular formula is C19H33IN4. The van der Waals surface area contributed by atoms with Crippen molar-refractivity contribution in [1.82, 2.24) is 15.1 Å². The molecule has 1 aliphatic rings. The number of likely N-dealkylation sites (tertiary alicyclic amines) is 1. The van der Waals surface area contributed by atoms with Crippen LogP contribution in [-0.4, -0.2) is 56.0 Å². The summed E-state index contributed by atoms with van der Waals surface area (Å²) in [7, 11) is 4.09. The van der Waals surface area contributed by atoms with E-state index < -0.39 is 0 Å². The average Bonchev–Trinajstić information content (AvgIpc) is 2.56. The molecule has 136 valence electrons. The number of piperidine rings is 1. The fraction of sp³-hybridized carbons (Fsp3) is 0.632. The second kappa shape index (κ2) is 11.7. The third-order valence-electron chi connectivity index (χ3n) is 4.49. The van der Waals surface area contributed by atoms with E-state index in [-0.39, 0.29) is 24.0 Å². The van der Waals surface area contributed by atoms with E-state index in [0.717, 1.165) is 25.0 Å². The monoisotopic (exact) mass is 444 g/mol. The Morgan fingerprint density at radius 2 is 1.88 bits per heavy atom. The molecule has 5 heteroatoms. The molecule has 1 aromatic rings. The predicted octanol–water partition coefficient (Wildman–Crippen LogP) is 3.43. The predicted molar refractivity (Wildman–Crippen MR) is 114 cm³/mol. The Labute approximate surface area is 164 Å². The molecule has 0 unspecified atom stereocenters. The van der Waals surface area contributed by atoms with E-state index in [0.29, 0.717) is 0 Å². The third kappa shape index (κ3) is 7.83. The number of hydrogen-bond donors (Lipinski definition) is 1. The molecule has 4 nitrogen and oxygen atoms in total. The Hall–Kier alpha value is -0.820. The summed E-state index contributed by atoms with van der Waals surface area (Å²) >= 11 is 0. The van der Waals surface area contributed by atoms with Crippen molar-refractivity contribution >= 4 is 29.9 Å². The largest absolute Gasteiger partial charge is 0.356 e. The van der Waals surface area contributed by atoms with E-state index in [1.807, 2.05) is 20.2 Å². The first kappa shape index (κ1) is 21.2. The minimum absolute atomic E-state index is 0. The van der Waals surface area contributed by atoms with Gasteiger partial charge in [-0.25, -0.2) is 4.99 Å². The van der Waals surface area contributed by atoms with Crippen molar-refractivity contribution < 1.29 is 0 Å². The molecule has 0 saturated carbocycles. The molecule has 0 radical (unpaired) electrons. The van der Waals surface area contributed by atoms with E-state index >= 15 is 0 Å². The molecule has 1 aliphatic heterocycles. The zero-order valence-corrected chi connectivity index (χ0v) is 17.7. The van der Waals surface area contributed by atoms with Crippen LogP contribution in [0, 0.1) is 5.92 Å². The van der Waals surface area contributed by atoms with Crippen LogP contribution >= 0.6 is 24.0 Å². The lowest BCUT2D eigenvalue weighted by molar-refractivity contribution is 0.191. The normalized spacial score (nSPS) is 16.5. The van der Waals surface area contributed by atoms with E-state index in [1.165, 1.54) is 44.5 Å². The van der Waals surface area contributed by atoms with Gasteiger partial charge in [-0.05, 0) is 50.4 Å². The van der Waals surface area contributed by atoms with Crippen molar-refractivity contribution in [3.05, 3.63) is 35.9 Å². The zero-order valence-electron chi connectivity index (χ0n) is 15.4. The molecule has 1 heterocycles. The second-order valence-corrected chi connectivity index (χ2v) is 6.82. The van der Waals surface area contributed by atoms with Crippen LogP contribution < -0.4 is 5.32 Å². The molecule has 2 rings (SSSR count). The molecule has 1 N–H and O–H groups in total. The summed E-state index contributed by atoms with van der Waals surface area (Å²) < 4.78 is 0. The second-order valence-electron chi connectivity index (χ2n) is 6.82. The Morgan fingerprint density at radius 3 is 2.50 bits per heavy atom. The minimum atomic E-state index is 0. The van der Waals surface area contributed by atoms with Gasteiger partial charge in [0.25, 0.3) is 0 Å². The molecular weight excluding hydrogens is 411 g/mol. The number of aliphatic imine (C=N–C) groups is 1. The van der Waals surface area contributed by atoms with Crippen LogP contribution in [-0.2, 0) is 6.54 Å². The molecule has 0 spiro atoms. The van der Waals surface area contributed by atoms with Gasteiger partial charge in [0.15, 0.2) is 5.96 Å². The molecule has 0 bridgehead atoms. The highest BCUT2D eigenvalue weighted by Gasteiger charge is 2.14. The van der Waals surface area contributed by atoms with E-state index in [4.69, 9.17) is 4.99 Å². The number of nitrogens with zero attached hydrogens (tertiary/aromatic N) is 3. The smallest absolute Gasteiger partial charge is 0.193 e. The summed E-state index contributed by atoms with van der Waals surface area (Å²) in [6.07, 6.45) is 3.89. The lowest BCUT2D eigenvalue weighted by Gasteiger charge is -2.30. The van der Waals surface area contributed by atoms with Crippen molar-refractivity contribution in [2.45, 2.75) is 32.7 Å². The van der Waals surface area contributed by atoms with Crippen LogP contribution in [0.1, 0.15) is 31.7 Å². The van der Waals surface area contributed by atoms with Crippen molar-refractivity contribution in [3.8, 4) is 0 Å². The van der Waals surface area contributed by atoms with Crippen molar-refractivity contribution in [1.29, 1.82) is 0 Å². The Balaban J connectivity index is 0.00000288. The number of nitrogens with one attached hydrogen (secondary N) is 1. The van der Waals surface area contributed by atoms with Gasteiger partial charge in [0.2, 0.25) is 0 Å². The summed E-state index contributed by atoms with van der Waals surface area (Å²) in [5.41, 5.74) is 1.25. The van der Waals surface area contributed by atoms with Gasteiger partial charge in [-0.2, -0.15) is 0 Å². The van der Waals surface area contributed by atoms with E-state index in [2.05, 4.69) is 46.3 Å². The SMILES string of the molecule is CC1CCN(CCCNC(=NCc2ccccc2)N(C)C)CC1.I. The van der Waals surface area contributed by atoms with Gasteiger partial charge >= 0.3 is 0 Å².